The number of hydrogen-bond donors (Lipinski definition) is 0. The zero-order chi connectivity index (χ0) is 9.56. The van der Waals surface area contributed by atoms with E-state index >= 15 is 0 Å². The summed E-state index contributed by atoms with van der Waals surface area (Å²) in [5.41, 5.74) is 0.920. The van der Waals surface area contributed by atoms with Crippen LogP contribution in [0.15, 0.2) is 0 Å². The molecular weight excluding hydrogens is 167 g/mol. The zero-order valence-electron chi connectivity index (χ0n) is 8.89. The highest BCUT2D eigenvalue weighted by Crippen LogP contribution is 2.38. The summed E-state index contributed by atoms with van der Waals surface area (Å²) in [6.07, 6.45) is 4.59. The Hall–Kier alpha value is 0.230. The largest absolute Gasteiger partial charge is 0.326 e. The van der Waals surface area contributed by atoms with E-state index in [0.717, 1.165) is 25.7 Å². The Morgan fingerprint density at radius 1 is 1.00 bits per heavy atom. The fraction of sp³-hybridized carbons (Fsp3) is 1.00. The highest BCUT2D eigenvalue weighted by molar-refractivity contribution is 7.46. The first-order valence-corrected chi connectivity index (χ1v) is 6.73. The van der Waals surface area contributed by atoms with Crippen molar-refractivity contribution in [1.29, 1.82) is 0 Å². The van der Waals surface area contributed by atoms with Crippen LogP contribution in [0.2, 0.25) is 0 Å². The fourth-order valence-corrected chi connectivity index (χ4v) is 3.75. The molecule has 0 heterocycles. The first kappa shape index (κ1) is 12.2. The monoisotopic (exact) mass is 190 g/mol. The van der Waals surface area contributed by atoms with Crippen molar-refractivity contribution in [2.75, 3.05) is 0 Å². The summed E-state index contributed by atoms with van der Waals surface area (Å²) >= 11 is 0. The Morgan fingerprint density at radius 2 is 1.33 bits per heavy atom. The molecule has 2 heteroatoms. The maximum atomic E-state index is 11.8. The van der Waals surface area contributed by atoms with Crippen molar-refractivity contribution in [2.24, 2.45) is 0 Å². The van der Waals surface area contributed by atoms with Gasteiger partial charge in [-0.2, -0.15) is 0 Å². The molecule has 0 aliphatic carbocycles. The van der Waals surface area contributed by atoms with Crippen molar-refractivity contribution < 1.29 is 4.57 Å². The predicted octanol–water partition coefficient (Wildman–Crippen LogP) is 3.92. The second-order valence-corrected chi connectivity index (χ2v) is 6.56. The van der Waals surface area contributed by atoms with Crippen LogP contribution >= 0.6 is 7.80 Å². The van der Waals surface area contributed by atoms with Gasteiger partial charge in [-0.25, -0.2) is 0 Å². The molecule has 0 saturated heterocycles. The van der Waals surface area contributed by atoms with Crippen molar-refractivity contribution in [2.45, 2.75) is 64.7 Å². The van der Waals surface area contributed by atoms with Crippen LogP contribution in [0.25, 0.3) is 0 Å². The lowest BCUT2D eigenvalue weighted by atomic mass is 10.3. The number of rotatable bonds is 6. The van der Waals surface area contributed by atoms with E-state index in [9.17, 15) is 4.57 Å². The lowest BCUT2D eigenvalue weighted by molar-refractivity contribution is 0.562. The molecule has 0 aromatic rings. The van der Waals surface area contributed by atoms with Gasteiger partial charge in [0.1, 0.15) is 0 Å². The third kappa shape index (κ3) is 4.30. The minimum atomic E-state index is -1.32. The first-order valence-electron chi connectivity index (χ1n) is 5.17. The van der Waals surface area contributed by atoms with E-state index < -0.39 is 7.80 Å². The Labute approximate surface area is 77.7 Å². The highest BCUT2D eigenvalue weighted by Gasteiger charge is 2.16. The SMILES string of the molecule is CCCC(C)[PH](=O)C(C)CCC. The predicted molar refractivity (Wildman–Crippen MR) is 57.7 cm³/mol. The van der Waals surface area contributed by atoms with Crippen molar-refractivity contribution >= 4 is 7.80 Å². The van der Waals surface area contributed by atoms with Gasteiger partial charge in [-0.1, -0.05) is 40.5 Å². The maximum Gasteiger partial charge on any atom is 0.0815 e. The van der Waals surface area contributed by atoms with Crippen molar-refractivity contribution in [3.8, 4) is 0 Å². The average molecular weight is 190 g/mol. The molecule has 2 atom stereocenters. The molecule has 0 saturated carbocycles. The second-order valence-electron chi connectivity index (χ2n) is 3.78. The molecular formula is C10H23OP. The molecule has 1 nitrogen and oxygen atoms in total. The molecule has 74 valence electrons. The van der Waals surface area contributed by atoms with Gasteiger partial charge in [-0.3, -0.25) is 0 Å². The van der Waals surface area contributed by atoms with E-state index in [1.54, 1.807) is 0 Å². The zero-order valence-corrected chi connectivity index (χ0v) is 9.89. The quantitative estimate of drug-likeness (QED) is 0.580. The summed E-state index contributed by atoms with van der Waals surface area (Å²) in [5, 5.41) is 0. The smallest absolute Gasteiger partial charge is 0.0815 e. The van der Waals surface area contributed by atoms with Crippen molar-refractivity contribution in [3.05, 3.63) is 0 Å². The van der Waals surface area contributed by atoms with Gasteiger partial charge in [0, 0.05) is 11.3 Å². The molecule has 0 spiro atoms. The topological polar surface area (TPSA) is 17.1 Å². The van der Waals surface area contributed by atoms with Gasteiger partial charge in [0.25, 0.3) is 0 Å². The van der Waals surface area contributed by atoms with Crippen molar-refractivity contribution in [3.63, 3.8) is 0 Å². The summed E-state index contributed by atoms with van der Waals surface area (Å²) in [6.45, 7) is 8.60. The Balaban J connectivity index is 3.82. The molecule has 0 bridgehead atoms. The van der Waals surface area contributed by atoms with Crippen LogP contribution in [0.3, 0.4) is 0 Å². The maximum absolute atomic E-state index is 11.8. The van der Waals surface area contributed by atoms with Gasteiger partial charge >= 0.3 is 0 Å². The molecule has 0 N–H and O–H groups in total. The molecule has 0 aliphatic heterocycles. The molecule has 12 heavy (non-hydrogen) atoms. The van der Waals surface area contributed by atoms with Gasteiger partial charge in [0.2, 0.25) is 0 Å². The van der Waals surface area contributed by atoms with Gasteiger partial charge in [-0.15, -0.1) is 0 Å². The molecule has 0 amide bonds. The van der Waals surface area contributed by atoms with Crippen LogP contribution in [0.1, 0.15) is 53.4 Å². The van der Waals surface area contributed by atoms with Crippen LogP contribution in [0.5, 0.6) is 0 Å². The molecule has 0 aromatic carbocycles. The van der Waals surface area contributed by atoms with Gasteiger partial charge in [0.15, 0.2) is 0 Å². The second kappa shape index (κ2) is 6.71. The normalized spacial score (nSPS) is 18.7. The molecule has 0 rings (SSSR count). The minimum Gasteiger partial charge on any atom is -0.326 e. The Kier molecular flexibility index (Phi) is 6.84. The van der Waals surface area contributed by atoms with E-state index in [1.807, 2.05) is 0 Å². The van der Waals surface area contributed by atoms with Gasteiger partial charge < -0.3 is 4.57 Å². The van der Waals surface area contributed by atoms with Crippen LogP contribution in [0.4, 0.5) is 0 Å². The summed E-state index contributed by atoms with van der Waals surface area (Å²) in [4.78, 5) is 0. The van der Waals surface area contributed by atoms with Gasteiger partial charge in [0.05, 0.1) is 7.80 Å². The highest BCUT2D eigenvalue weighted by atomic mass is 31.1. The van der Waals surface area contributed by atoms with Crippen LogP contribution < -0.4 is 0 Å². The Morgan fingerprint density at radius 3 is 1.58 bits per heavy atom. The van der Waals surface area contributed by atoms with Crippen LogP contribution in [-0.4, -0.2) is 11.3 Å². The molecule has 0 aliphatic rings. The molecule has 0 fully saturated rings. The van der Waals surface area contributed by atoms with Crippen LogP contribution in [-0.2, 0) is 4.57 Å². The lowest BCUT2D eigenvalue weighted by Crippen LogP contribution is -2.04. The summed E-state index contributed by atoms with van der Waals surface area (Å²) < 4.78 is 11.8. The molecule has 0 radical (unpaired) electrons. The lowest BCUT2D eigenvalue weighted by Gasteiger charge is -2.15. The first-order chi connectivity index (χ1) is 5.63. The molecule has 0 aromatic heterocycles. The van der Waals surface area contributed by atoms with E-state index in [4.69, 9.17) is 0 Å². The fourth-order valence-electron chi connectivity index (χ4n) is 1.64. The van der Waals surface area contributed by atoms with E-state index in [2.05, 4.69) is 27.7 Å². The van der Waals surface area contributed by atoms with E-state index in [-0.39, 0.29) is 0 Å². The average Bonchev–Trinajstić information content (AvgIpc) is 2.04. The third-order valence-corrected chi connectivity index (χ3v) is 4.93. The third-order valence-electron chi connectivity index (χ3n) is 2.41. The van der Waals surface area contributed by atoms with Gasteiger partial charge in [-0.05, 0) is 12.8 Å². The standard InChI is InChI=1S/C10H23OP/c1-5-7-9(3)12(11)10(4)8-6-2/h9-10,12H,5-8H2,1-4H3. The Bertz CT molecular complexity index is 120. The summed E-state index contributed by atoms with van der Waals surface area (Å²) in [7, 11) is -1.32. The van der Waals surface area contributed by atoms with E-state index in [0.29, 0.717) is 11.3 Å². The number of hydrogen-bond acceptors (Lipinski definition) is 1. The molecule has 2 unspecified atom stereocenters. The summed E-state index contributed by atoms with van der Waals surface area (Å²) in [6, 6.07) is 0. The van der Waals surface area contributed by atoms with Crippen LogP contribution in [0, 0.1) is 0 Å². The summed E-state index contributed by atoms with van der Waals surface area (Å²) in [5.74, 6) is 0. The van der Waals surface area contributed by atoms with E-state index in [1.165, 1.54) is 0 Å². The minimum absolute atomic E-state index is 0.460. The van der Waals surface area contributed by atoms with Crippen molar-refractivity contribution in [1.82, 2.24) is 0 Å².